The topological polar surface area (TPSA) is 59.2 Å². The highest BCUT2D eigenvalue weighted by molar-refractivity contribution is 5.95. The summed E-state index contributed by atoms with van der Waals surface area (Å²) in [5.74, 6) is -0.385. The van der Waals surface area contributed by atoms with Gasteiger partial charge in [0.1, 0.15) is 0 Å². The summed E-state index contributed by atoms with van der Waals surface area (Å²) in [4.78, 5) is 25.2. The highest BCUT2D eigenvalue weighted by Gasteiger charge is 2.19. The number of aromatic nitrogens is 1. The van der Waals surface area contributed by atoms with Gasteiger partial charge in [0, 0.05) is 5.69 Å². The fraction of sp³-hybridized carbons (Fsp3) is 0.455. The van der Waals surface area contributed by atoms with Crippen LogP contribution in [-0.4, -0.2) is 23.3 Å². The standard InChI is InChI=1S/C11H15NO3/c1-6(2)15-11(14)10-7(3)9(5-13)12-8(10)4/h5-6,12H,1-4H3. The van der Waals surface area contributed by atoms with Crippen molar-refractivity contribution >= 4 is 12.3 Å². The molecule has 0 aliphatic rings. The lowest BCUT2D eigenvalue weighted by Crippen LogP contribution is -2.13. The Balaban J connectivity index is 3.08. The SMILES string of the molecule is Cc1[nH]c(C=O)c(C)c1C(=O)OC(C)C. The molecular weight excluding hydrogens is 194 g/mol. The Bertz CT molecular complexity index is 391. The number of aromatic amines is 1. The number of carbonyl (C=O) groups is 2. The fourth-order valence-corrected chi connectivity index (χ4v) is 1.47. The minimum atomic E-state index is -0.385. The van der Waals surface area contributed by atoms with Gasteiger partial charge in [0.2, 0.25) is 0 Å². The van der Waals surface area contributed by atoms with E-state index in [4.69, 9.17) is 4.74 Å². The maximum atomic E-state index is 11.7. The average Bonchev–Trinajstić information content (AvgIpc) is 2.40. The molecule has 0 amide bonds. The van der Waals surface area contributed by atoms with Gasteiger partial charge in [-0.1, -0.05) is 0 Å². The number of aldehydes is 1. The molecule has 1 aromatic heterocycles. The Labute approximate surface area is 88.6 Å². The molecule has 0 bridgehead atoms. The van der Waals surface area contributed by atoms with E-state index in [1.807, 2.05) is 0 Å². The van der Waals surface area contributed by atoms with Crippen LogP contribution in [0.25, 0.3) is 0 Å². The summed E-state index contributed by atoms with van der Waals surface area (Å²) in [5, 5.41) is 0. The summed E-state index contributed by atoms with van der Waals surface area (Å²) in [6, 6.07) is 0. The molecule has 0 aliphatic heterocycles. The lowest BCUT2D eigenvalue weighted by atomic mass is 10.1. The summed E-state index contributed by atoms with van der Waals surface area (Å²) in [6.07, 6.45) is 0.542. The molecule has 0 saturated heterocycles. The molecule has 0 unspecified atom stereocenters. The van der Waals surface area contributed by atoms with Crippen LogP contribution >= 0.6 is 0 Å². The lowest BCUT2D eigenvalue weighted by Gasteiger charge is -2.08. The molecule has 0 spiro atoms. The van der Waals surface area contributed by atoms with Crippen LogP contribution in [0.5, 0.6) is 0 Å². The first-order chi connectivity index (χ1) is 6.97. The fourth-order valence-electron chi connectivity index (χ4n) is 1.47. The predicted octanol–water partition coefficient (Wildman–Crippen LogP) is 2.01. The van der Waals surface area contributed by atoms with Gasteiger partial charge in [-0.05, 0) is 33.3 Å². The molecule has 1 rings (SSSR count). The Kier molecular flexibility index (Phi) is 3.29. The number of rotatable bonds is 3. The van der Waals surface area contributed by atoms with E-state index < -0.39 is 0 Å². The Hall–Kier alpha value is -1.58. The van der Waals surface area contributed by atoms with Crippen molar-refractivity contribution < 1.29 is 14.3 Å². The molecule has 0 atom stereocenters. The summed E-state index contributed by atoms with van der Waals surface area (Å²) in [7, 11) is 0. The zero-order chi connectivity index (χ0) is 11.6. The van der Waals surface area contributed by atoms with Gasteiger partial charge in [-0.15, -0.1) is 0 Å². The van der Waals surface area contributed by atoms with Crippen LogP contribution in [0.1, 0.15) is 46.0 Å². The third kappa shape index (κ3) is 2.26. The van der Waals surface area contributed by atoms with Crippen LogP contribution in [0.2, 0.25) is 0 Å². The van der Waals surface area contributed by atoms with E-state index in [0.717, 1.165) is 0 Å². The highest BCUT2D eigenvalue weighted by atomic mass is 16.5. The number of aryl methyl sites for hydroxylation is 1. The van der Waals surface area contributed by atoms with Crippen molar-refractivity contribution in [2.24, 2.45) is 0 Å². The Morgan fingerprint density at radius 2 is 2.00 bits per heavy atom. The second-order valence-corrected chi connectivity index (χ2v) is 3.74. The smallest absolute Gasteiger partial charge is 0.340 e. The number of H-pyrrole nitrogens is 1. The minimum absolute atomic E-state index is 0.161. The van der Waals surface area contributed by atoms with Crippen molar-refractivity contribution in [3.05, 3.63) is 22.5 Å². The second kappa shape index (κ2) is 4.29. The monoisotopic (exact) mass is 209 g/mol. The van der Waals surface area contributed by atoms with Crippen molar-refractivity contribution in [3.8, 4) is 0 Å². The highest BCUT2D eigenvalue weighted by Crippen LogP contribution is 2.18. The van der Waals surface area contributed by atoms with Crippen molar-refractivity contribution in [1.82, 2.24) is 4.98 Å². The summed E-state index contributed by atoms with van der Waals surface area (Å²) in [6.45, 7) is 7.05. The van der Waals surface area contributed by atoms with E-state index in [2.05, 4.69) is 4.98 Å². The molecule has 0 radical (unpaired) electrons. The maximum Gasteiger partial charge on any atom is 0.340 e. The first-order valence-electron chi connectivity index (χ1n) is 4.82. The van der Waals surface area contributed by atoms with Gasteiger partial charge < -0.3 is 9.72 Å². The Morgan fingerprint density at radius 1 is 1.40 bits per heavy atom. The number of hydrogen-bond donors (Lipinski definition) is 1. The third-order valence-electron chi connectivity index (χ3n) is 2.14. The van der Waals surface area contributed by atoms with E-state index in [-0.39, 0.29) is 12.1 Å². The predicted molar refractivity (Wildman–Crippen MR) is 56.2 cm³/mol. The molecule has 1 heterocycles. The zero-order valence-electron chi connectivity index (χ0n) is 9.38. The average molecular weight is 209 g/mol. The van der Waals surface area contributed by atoms with Gasteiger partial charge in [-0.3, -0.25) is 4.79 Å². The first-order valence-corrected chi connectivity index (χ1v) is 4.82. The van der Waals surface area contributed by atoms with Crippen LogP contribution in [0, 0.1) is 13.8 Å². The molecule has 82 valence electrons. The summed E-state index contributed by atoms with van der Waals surface area (Å²) >= 11 is 0. The van der Waals surface area contributed by atoms with E-state index in [1.165, 1.54) is 0 Å². The third-order valence-corrected chi connectivity index (χ3v) is 2.14. The van der Waals surface area contributed by atoms with Crippen LogP contribution in [0.4, 0.5) is 0 Å². The van der Waals surface area contributed by atoms with Crippen molar-refractivity contribution in [2.45, 2.75) is 33.8 Å². The van der Waals surface area contributed by atoms with Crippen molar-refractivity contribution in [2.75, 3.05) is 0 Å². The first kappa shape index (κ1) is 11.5. The van der Waals surface area contributed by atoms with E-state index in [1.54, 1.807) is 27.7 Å². The number of carbonyl (C=O) groups excluding carboxylic acids is 2. The molecule has 0 fully saturated rings. The maximum absolute atomic E-state index is 11.7. The number of ether oxygens (including phenoxy) is 1. The van der Waals surface area contributed by atoms with Gasteiger partial charge in [0.25, 0.3) is 0 Å². The molecule has 0 aromatic carbocycles. The van der Waals surface area contributed by atoms with Gasteiger partial charge in [0.05, 0.1) is 17.4 Å². The van der Waals surface area contributed by atoms with Gasteiger partial charge in [-0.2, -0.15) is 0 Å². The number of esters is 1. The quantitative estimate of drug-likeness (QED) is 0.612. The lowest BCUT2D eigenvalue weighted by molar-refractivity contribution is 0.0376. The normalized spacial score (nSPS) is 10.5. The molecule has 1 aromatic rings. The molecule has 4 nitrogen and oxygen atoms in total. The van der Waals surface area contributed by atoms with Gasteiger partial charge >= 0.3 is 5.97 Å². The van der Waals surface area contributed by atoms with Crippen molar-refractivity contribution in [1.29, 1.82) is 0 Å². The Morgan fingerprint density at radius 3 is 2.40 bits per heavy atom. The number of hydrogen-bond acceptors (Lipinski definition) is 3. The summed E-state index contributed by atoms with van der Waals surface area (Å²) in [5.41, 5.74) is 2.21. The molecule has 1 N–H and O–H groups in total. The van der Waals surface area contributed by atoms with Crippen LogP contribution < -0.4 is 0 Å². The van der Waals surface area contributed by atoms with Gasteiger partial charge in [-0.25, -0.2) is 4.79 Å². The molecule has 0 aliphatic carbocycles. The van der Waals surface area contributed by atoms with E-state index in [9.17, 15) is 9.59 Å². The molecule has 15 heavy (non-hydrogen) atoms. The van der Waals surface area contributed by atoms with E-state index in [0.29, 0.717) is 28.8 Å². The van der Waals surface area contributed by atoms with Gasteiger partial charge in [0.15, 0.2) is 6.29 Å². The molecular formula is C11H15NO3. The minimum Gasteiger partial charge on any atom is -0.459 e. The second-order valence-electron chi connectivity index (χ2n) is 3.74. The number of nitrogens with one attached hydrogen (secondary N) is 1. The summed E-state index contributed by atoms with van der Waals surface area (Å²) < 4.78 is 5.08. The zero-order valence-corrected chi connectivity index (χ0v) is 9.38. The molecule has 4 heteroatoms. The largest absolute Gasteiger partial charge is 0.459 e. The van der Waals surface area contributed by atoms with Crippen molar-refractivity contribution in [3.63, 3.8) is 0 Å². The van der Waals surface area contributed by atoms with Crippen LogP contribution in [0.15, 0.2) is 0 Å². The molecule has 0 saturated carbocycles. The van der Waals surface area contributed by atoms with Crippen LogP contribution in [-0.2, 0) is 4.74 Å². The van der Waals surface area contributed by atoms with Crippen LogP contribution in [0.3, 0.4) is 0 Å². The van der Waals surface area contributed by atoms with E-state index >= 15 is 0 Å².